The number of anilines is 2. The van der Waals surface area contributed by atoms with Gasteiger partial charge in [0.1, 0.15) is 0 Å². The van der Waals surface area contributed by atoms with Crippen LogP contribution in [0, 0.1) is 0 Å². The zero-order chi connectivity index (χ0) is 15.5. The van der Waals surface area contributed by atoms with Gasteiger partial charge in [-0.2, -0.15) is 0 Å². The highest BCUT2D eigenvalue weighted by atomic mass is 16.1. The van der Waals surface area contributed by atoms with E-state index in [1.165, 1.54) is 0 Å². The average Bonchev–Trinajstić information content (AvgIpc) is 2.56. The molecular weight excluding hydrogens is 272 g/mol. The van der Waals surface area contributed by atoms with E-state index < -0.39 is 0 Å². The van der Waals surface area contributed by atoms with Gasteiger partial charge in [0.2, 0.25) is 0 Å². The van der Waals surface area contributed by atoms with Crippen molar-refractivity contribution in [3.8, 4) is 11.1 Å². The summed E-state index contributed by atoms with van der Waals surface area (Å²) in [5, 5.41) is 0. The summed E-state index contributed by atoms with van der Waals surface area (Å²) in [7, 11) is 0. The molecule has 0 aliphatic carbocycles. The normalized spacial score (nSPS) is 10.4. The van der Waals surface area contributed by atoms with Crippen molar-refractivity contribution in [1.82, 2.24) is 0 Å². The maximum absolute atomic E-state index is 12.8. The van der Waals surface area contributed by atoms with Crippen LogP contribution in [0.3, 0.4) is 0 Å². The highest BCUT2D eigenvalue weighted by Crippen LogP contribution is 2.28. The van der Waals surface area contributed by atoms with Crippen molar-refractivity contribution in [3.63, 3.8) is 0 Å². The summed E-state index contributed by atoms with van der Waals surface area (Å²) in [4.78, 5) is 12.8. The van der Waals surface area contributed by atoms with Crippen molar-refractivity contribution in [2.75, 3.05) is 11.5 Å². The second-order valence-electron chi connectivity index (χ2n) is 5.12. The molecule has 0 atom stereocenters. The number of nitrogens with two attached hydrogens (primary N) is 2. The molecule has 0 bridgehead atoms. The third-order valence-corrected chi connectivity index (χ3v) is 3.55. The lowest BCUT2D eigenvalue weighted by molar-refractivity contribution is 0.103. The second kappa shape index (κ2) is 5.74. The Morgan fingerprint density at radius 3 is 2.05 bits per heavy atom. The van der Waals surface area contributed by atoms with Gasteiger partial charge in [0.25, 0.3) is 0 Å². The molecule has 0 saturated carbocycles. The molecule has 0 amide bonds. The molecule has 0 saturated heterocycles. The molecule has 0 aliphatic rings. The van der Waals surface area contributed by atoms with Gasteiger partial charge >= 0.3 is 0 Å². The van der Waals surface area contributed by atoms with E-state index in [2.05, 4.69) is 0 Å². The van der Waals surface area contributed by atoms with E-state index in [1.54, 1.807) is 36.4 Å². The average molecular weight is 288 g/mol. The molecule has 3 nitrogen and oxygen atoms in total. The lowest BCUT2D eigenvalue weighted by Crippen LogP contribution is -2.04. The predicted molar refractivity (Wildman–Crippen MR) is 90.6 cm³/mol. The van der Waals surface area contributed by atoms with E-state index in [1.807, 2.05) is 36.4 Å². The van der Waals surface area contributed by atoms with E-state index in [9.17, 15) is 4.79 Å². The van der Waals surface area contributed by atoms with Crippen LogP contribution in [0.25, 0.3) is 11.1 Å². The van der Waals surface area contributed by atoms with Crippen molar-refractivity contribution < 1.29 is 4.79 Å². The van der Waals surface area contributed by atoms with Crippen LogP contribution >= 0.6 is 0 Å². The standard InChI is InChI=1S/C19H16N2O/c20-15-8-6-14(7-9-15)19(22)17-11-10-16(21)12-18(17)13-4-2-1-3-5-13/h1-12H,20-21H2. The smallest absolute Gasteiger partial charge is 0.193 e. The molecule has 108 valence electrons. The Labute approximate surface area is 129 Å². The Bertz CT molecular complexity index is 809. The third kappa shape index (κ3) is 2.69. The maximum Gasteiger partial charge on any atom is 0.193 e. The number of ketones is 1. The number of benzene rings is 3. The van der Waals surface area contributed by atoms with Crippen LogP contribution < -0.4 is 11.5 Å². The SMILES string of the molecule is Nc1ccc(C(=O)c2ccc(N)cc2-c2ccccc2)cc1. The molecule has 0 aliphatic heterocycles. The van der Waals surface area contributed by atoms with Crippen LogP contribution in [0.1, 0.15) is 15.9 Å². The van der Waals surface area contributed by atoms with Gasteiger partial charge in [-0.3, -0.25) is 4.79 Å². The summed E-state index contributed by atoms with van der Waals surface area (Å²) in [6.45, 7) is 0. The van der Waals surface area contributed by atoms with Gasteiger partial charge in [0, 0.05) is 22.5 Å². The quantitative estimate of drug-likeness (QED) is 0.569. The molecule has 0 spiro atoms. The minimum Gasteiger partial charge on any atom is -0.399 e. The molecule has 3 aromatic carbocycles. The Morgan fingerprint density at radius 2 is 1.36 bits per heavy atom. The van der Waals surface area contributed by atoms with E-state index in [4.69, 9.17) is 11.5 Å². The number of hydrogen-bond acceptors (Lipinski definition) is 3. The summed E-state index contributed by atoms with van der Waals surface area (Å²) in [6, 6.07) is 22.0. The van der Waals surface area contributed by atoms with E-state index in [-0.39, 0.29) is 5.78 Å². The van der Waals surface area contributed by atoms with Crippen LogP contribution in [0.15, 0.2) is 72.8 Å². The Morgan fingerprint density at radius 1 is 0.727 bits per heavy atom. The molecule has 3 aromatic rings. The topological polar surface area (TPSA) is 69.1 Å². The van der Waals surface area contributed by atoms with Gasteiger partial charge < -0.3 is 11.5 Å². The van der Waals surface area contributed by atoms with Gasteiger partial charge in [-0.15, -0.1) is 0 Å². The minimum atomic E-state index is -0.0427. The van der Waals surface area contributed by atoms with E-state index >= 15 is 0 Å². The molecule has 3 heteroatoms. The van der Waals surface area contributed by atoms with Crippen LogP contribution in [0.5, 0.6) is 0 Å². The van der Waals surface area contributed by atoms with Gasteiger partial charge in [0.05, 0.1) is 0 Å². The molecule has 3 rings (SSSR count). The first-order chi connectivity index (χ1) is 10.6. The molecule has 0 aromatic heterocycles. The fraction of sp³-hybridized carbons (Fsp3) is 0. The van der Waals surface area contributed by atoms with Gasteiger partial charge in [0.15, 0.2) is 5.78 Å². The lowest BCUT2D eigenvalue weighted by atomic mass is 9.93. The monoisotopic (exact) mass is 288 g/mol. The fourth-order valence-corrected chi connectivity index (χ4v) is 2.41. The molecule has 4 N–H and O–H groups in total. The summed E-state index contributed by atoms with van der Waals surface area (Å²) < 4.78 is 0. The first kappa shape index (κ1) is 13.9. The Balaban J connectivity index is 2.11. The molecule has 0 radical (unpaired) electrons. The Kier molecular flexibility index (Phi) is 3.62. The van der Waals surface area contributed by atoms with Crippen LogP contribution in [-0.4, -0.2) is 5.78 Å². The molecule has 0 heterocycles. The second-order valence-corrected chi connectivity index (χ2v) is 5.12. The zero-order valence-corrected chi connectivity index (χ0v) is 12.0. The number of hydrogen-bond donors (Lipinski definition) is 2. The summed E-state index contributed by atoms with van der Waals surface area (Å²) in [5.74, 6) is -0.0427. The van der Waals surface area contributed by atoms with Crippen molar-refractivity contribution >= 4 is 17.2 Å². The van der Waals surface area contributed by atoms with Gasteiger partial charge in [-0.05, 0) is 53.6 Å². The Hall–Kier alpha value is -3.07. The molecule has 0 unspecified atom stereocenters. The lowest BCUT2D eigenvalue weighted by Gasteiger charge is -2.10. The first-order valence-corrected chi connectivity index (χ1v) is 7.00. The van der Waals surface area contributed by atoms with Crippen LogP contribution in [0.2, 0.25) is 0 Å². The van der Waals surface area contributed by atoms with E-state index in [0.717, 1.165) is 11.1 Å². The third-order valence-electron chi connectivity index (χ3n) is 3.55. The van der Waals surface area contributed by atoms with Gasteiger partial charge in [-0.25, -0.2) is 0 Å². The van der Waals surface area contributed by atoms with Crippen molar-refractivity contribution in [2.24, 2.45) is 0 Å². The number of nitrogen functional groups attached to an aromatic ring is 2. The minimum absolute atomic E-state index is 0.0427. The molecule has 22 heavy (non-hydrogen) atoms. The van der Waals surface area contributed by atoms with Gasteiger partial charge in [-0.1, -0.05) is 30.3 Å². The largest absolute Gasteiger partial charge is 0.399 e. The zero-order valence-electron chi connectivity index (χ0n) is 12.0. The number of carbonyl (C=O) groups excluding carboxylic acids is 1. The maximum atomic E-state index is 12.8. The van der Waals surface area contributed by atoms with Crippen molar-refractivity contribution in [3.05, 3.63) is 83.9 Å². The van der Waals surface area contributed by atoms with Crippen LogP contribution in [0.4, 0.5) is 11.4 Å². The fourth-order valence-electron chi connectivity index (χ4n) is 2.41. The predicted octanol–water partition coefficient (Wildman–Crippen LogP) is 3.75. The molecular formula is C19H16N2O. The van der Waals surface area contributed by atoms with Crippen LogP contribution in [-0.2, 0) is 0 Å². The van der Waals surface area contributed by atoms with Crippen molar-refractivity contribution in [2.45, 2.75) is 0 Å². The first-order valence-electron chi connectivity index (χ1n) is 7.00. The van der Waals surface area contributed by atoms with E-state index in [0.29, 0.717) is 22.5 Å². The highest BCUT2D eigenvalue weighted by molar-refractivity contribution is 6.13. The summed E-state index contributed by atoms with van der Waals surface area (Å²) in [6.07, 6.45) is 0. The highest BCUT2D eigenvalue weighted by Gasteiger charge is 2.15. The number of carbonyl (C=O) groups is 1. The summed E-state index contributed by atoms with van der Waals surface area (Å²) >= 11 is 0. The van der Waals surface area contributed by atoms with Crippen molar-refractivity contribution in [1.29, 1.82) is 0 Å². The molecule has 0 fully saturated rings. The summed E-state index contributed by atoms with van der Waals surface area (Å²) in [5.41, 5.74) is 15.9. The number of rotatable bonds is 3.